The topological polar surface area (TPSA) is 75.3 Å². The summed E-state index contributed by atoms with van der Waals surface area (Å²) >= 11 is 0. The van der Waals surface area contributed by atoms with Gasteiger partial charge < -0.3 is 5.32 Å². The number of aryl methyl sites for hydroxylation is 2. The Morgan fingerprint density at radius 3 is 2.04 bits per heavy atom. The van der Waals surface area contributed by atoms with Crippen LogP contribution >= 0.6 is 0 Å². The van der Waals surface area contributed by atoms with Gasteiger partial charge in [0.15, 0.2) is 0 Å². The molecule has 0 aliphatic carbocycles. The van der Waals surface area contributed by atoms with Crippen LogP contribution in [-0.2, 0) is 20.2 Å². The van der Waals surface area contributed by atoms with Crippen molar-refractivity contribution in [3.63, 3.8) is 0 Å². The molecule has 0 saturated carbocycles. The Morgan fingerprint density at radius 1 is 1.17 bits per heavy atom. The lowest BCUT2D eigenvalue weighted by atomic mass is 9.85. The molecule has 0 aromatic heterocycles. The van der Waals surface area contributed by atoms with Gasteiger partial charge in [0.1, 0.15) is 0 Å². The second-order valence-electron chi connectivity index (χ2n) is 6.93. The number of sulfonamides is 1. The van der Waals surface area contributed by atoms with E-state index in [2.05, 4.69) is 30.8 Å². The minimum Gasteiger partial charge on any atom is -0.355 e. The number of likely N-dealkylation sites (N-methyl/N-ethyl adjacent to an activating group) is 1. The molecule has 1 rings (SSSR count). The fraction of sp³-hybridized carbons (Fsp3) is 0.588. The van der Waals surface area contributed by atoms with Crippen LogP contribution in [-0.4, -0.2) is 26.9 Å². The van der Waals surface area contributed by atoms with Gasteiger partial charge in [0.2, 0.25) is 15.9 Å². The summed E-state index contributed by atoms with van der Waals surface area (Å²) in [6, 6.07) is 2.98. The van der Waals surface area contributed by atoms with Crippen LogP contribution in [0.4, 0.5) is 0 Å². The molecule has 0 aliphatic heterocycles. The van der Waals surface area contributed by atoms with Gasteiger partial charge in [0.05, 0.1) is 10.9 Å². The molecule has 0 unspecified atom stereocenters. The van der Waals surface area contributed by atoms with Gasteiger partial charge in [0.25, 0.3) is 0 Å². The Morgan fingerprint density at radius 2 is 1.65 bits per heavy atom. The van der Waals surface area contributed by atoms with E-state index in [-0.39, 0.29) is 16.2 Å². The van der Waals surface area contributed by atoms with E-state index in [1.54, 1.807) is 20.8 Å². The highest BCUT2D eigenvalue weighted by molar-refractivity contribution is 7.89. The maximum absolute atomic E-state index is 12.7. The first-order chi connectivity index (χ1) is 10.4. The summed E-state index contributed by atoms with van der Waals surface area (Å²) in [7, 11) is -3.76. The minimum atomic E-state index is -3.76. The lowest BCUT2D eigenvalue weighted by molar-refractivity contribution is -0.122. The van der Waals surface area contributed by atoms with Crippen LogP contribution in [0, 0.1) is 13.8 Å². The van der Waals surface area contributed by atoms with Gasteiger partial charge in [-0.25, -0.2) is 8.42 Å². The van der Waals surface area contributed by atoms with Gasteiger partial charge in [-0.05, 0) is 49.8 Å². The van der Waals surface area contributed by atoms with Gasteiger partial charge in [-0.2, -0.15) is 4.72 Å². The molecule has 0 heterocycles. The van der Waals surface area contributed by atoms with Crippen molar-refractivity contribution in [2.45, 2.75) is 64.8 Å². The van der Waals surface area contributed by atoms with Crippen molar-refractivity contribution in [3.8, 4) is 0 Å². The predicted molar refractivity (Wildman–Crippen MR) is 93.1 cm³/mol. The lowest BCUT2D eigenvalue weighted by Crippen LogP contribution is -2.44. The van der Waals surface area contributed by atoms with Crippen molar-refractivity contribution in [1.82, 2.24) is 10.0 Å². The van der Waals surface area contributed by atoms with E-state index in [1.165, 1.54) is 6.92 Å². The summed E-state index contributed by atoms with van der Waals surface area (Å²) in [6.07, 6.45) is 0. The van der Waals surface area contributed by atoms with Crippen LogP contribution in [0.15, 0.2) is 17.0 Å². The molecule has 1 atom stereocenters. The summed E-state index contributed by atoms with van der Waals surface area (Å²) in [5.74, 6) is -0.335. The Balaban J connectivity index is 3.22. The maximum Gasteiger partial charge on any atom is 0.241 e. The number of hydrogen-bond donors (Lipinski definition) is 2. The first-order valence-corrected chi connectivity index (χ1v) is 9.30. The van der Waals surface area contributed by atoms with E-state index in [0.717, 1.165) is 5.56 Å². The van der Waals surface area contributed by atoms with Crippen LogP contribution in [0.3, 0.4) is 0 Å². The minimum absolute atomic E-state index is 0.0560. The smallest absolute Gasteiger partial charge is 0.241 e. The number of carbonyl (C=O) groups excluding carboxylic acids is 1. The van der Waals surface area contributed by atoms with Crippen LogP contribution in [0.2, 0.25) is 0 Å². The van der Waals surface area contributed by atoms with Crippen LogP contribution < -0.4 is 10.0 Å². The van der Waals surface area contributed by atoms with Crippen molar-refractivity contribution in [2.75, 3.05) is 6.54 Å². The highest BCUT2D eigenvalue weighted by Gasteiger charge is 2.26. The molecule has 1 aromatic carbocycles. The molecule has 0 radical (unpaired) electrons. The normalized spacial score (nSPS) is 13.7. The van der Waals surface area contributed by atoms with Crippen molar-refractivity contribution < 1.29 is 13.2 Å². The summed E-state index contributed by atoms with van der Waals surface area (Å²) in [4.78, 5) is 12.0. The monoisotopic (exact) mass is 340 g/mol. The van der Waals surface area contributed by atoms with Crippen molar-refractivity contribution in [2.24, 2.45) is 0 Å². The molecule has 0 saturated heterocycles. The molecule has 0 spiro atoms. The van der Waals surface area contributed by atoms with Crippen molar-refractivity contribution in [1.29, 1.82) is 0 Å². The van der Waals surface area contributed by atoms with Crippen LogP contribution in [0.5, 0.6) is 0 Å². The lowest BCUT2D eigenvalue weighted by Gasteiger charge is -2.23. The van der Waals surface area contributed by atoms with Gasteiger partial charge in [-0.3, -0.25) is 4.79 Å². The standard InChI is InChI=1S/C17H28N2O3S/c1-8-18-16(20)13(4)19-23(21,22)15-11(2)9-14(10-12(15)3)17(5,6)7/h9-10,13,19H,8H2,1-7H3,(H,18,20)/t13-/m1/s1. The third-order valence-corrected chi connectivity index (χ3v) is 5.52. The van der Waals surface area contributed by atoms with E-state index in [9.17, 15) is 13.2 Å². The highest BCUT2D eigenvalue weighted by atomic mass is 32.2. The maximum atomic E-state index is 12.7. The van der Waals surface area contributed by atoms with E-state index in [0.29, 0.717) is 17.7 Å². The van der Waals surface area contributed by atoms with E-state index in [4.69, 9.17) is 0 Å². The Hall–Kier alpha value is -1.40. The van der Waals surface area contributed by atoms with Gasteiger partial charge >= 0.3 is 0 Å². The highest BCUT2D eigenvalue weighted by Crippen LogP contribution is 2.29. The summed E-state index contributed by atoms with van der Waals surface area (Å²) < 4.78 is 27.8. The molecule has 0 aliphatic rings. The van der Waals surface area contributed by atoms with Crippen molar-refractivity contribution in [3.05, 3.63) is 28.8 Å². The van der Waals surface area contributed by atoms with Crippen LogP contribution in [0.25, 0.3) is 0 Å². The first kappa shape index (κ1) is 19.6. The van der Waals surface area contributed by atoms with Crippen LogP contribution in [0.1, 0.15) is 51.3 Å². The number of rotatable bonds is 5. The van der Waals surface area contributed by atoms with E-state index in [1.807, 2.05) is 12.1 Å². The molecule has 0 bridgehead atoms. The molecular formula is C17H28N2O3S. The first-order valence-electron chi connectivity index (χ1n) is 7.82. The molecule has 23 heavy (non-hydrogen) atoms. The molecular weight excluding hydrogens is 312 g/mol. The number of carbonyl (C=O) groups is 1. The zero-order chi connectivity index (χ0) is 18.0. The van der Waals surface area contributed by atoms with Gasteiger partial charge in [-0.15, -0.1) is 0 Å². The molecule has 2 N–H and O–H groups in total. The molecule has 6 heteroatoms. The van der Waals surface area contributed by atoms with E-state index >= 15 is 0 Å². The third-order valence-electron chi connectivity index (χ3n) is 3.67. The number of benzene rings is 1. The average molecular weight is 340 g/mol. The van der Waals surface area contributed by atoms with Crippen molar-refractivity contribution >= 4 is 15.9 Å². The fourth-order valence-corrected chi connectivity index (χ4v) is 4.14. The number of nitrogens with one attached hydrogen (secondary N) is 2. The van der Waals surface area contributed by atoms with Gasteiger partial charge in [0, 0.05) is 6.54 Å². The average Bonchev–Trinajstić information content (AvgIpc) is 2.35. The largest absolute Gasteiger partial charge is 0.355 e. The Labute approximate surface area is 139 Å². The summed E-state index contributed by atoms with van der Waals surface area (Å²) in [5.41, 5.74) is 2.40. The summed E-state index contributed by atoms with van der Waals surface area (Å²) in [6.45, 7) is 13.6. The molecule has 1 amide bonds. The Kier molecular flexibility index (Phi) is 5.99. The number of hydrogen-bond acceptors (Lipinski definition) is 3. The molecule has 130 valence electrons. The zero-order valence-electron chi connectivity index (χ0n) is 15.1. The zero-order valence-corrected chi connectivity index (χ0v) is 15.9. The Bertz CT molecular complexity index is 665. The predicted octanol–water partition coefficient (Wildman–Crippen LogP) is 2.40. The molecule has 1 aromatic rings. The summed E-state index contributed by atoms with van der Waals surface area (Å²) in [5, 5.41) is 2.61. The molecule has 5 nitrogen and oxygen atoms in total. The second-order valence-corrected chi connectivity index (χ2v) is 8.58. The SMILES string of the molecule is CCNC(=O)[C@@H](C)NS(=O)(=O)c1c(C)cc(C(C)(C)C)cc1C. The van der Waals surface area contributed by atoms with E-state index < -0.39 is 16.1 Å². The van der Waals surface area contributed by atoms with Gasteiger partial charge in [-0.1, -0.05) is 32.9 Å². The number of amides is 1. The second kappa shape index (κ2) is 7.01. The quantitative estimate of drug-likeness (QED) is 0.864. The third kappa shape index (κ3) is 4.78. The molecule has 0 fully saturated rings. The fourth-order valence-electron chi connectivity index (χ4n) is 2.48.